The van der Waals surface area contributed by atoms with Crippen LogP contribution in [0.25, 0.3) is 0 Å². The molecule has 2 heterocycles. The molecule has 0 N–H and O–H groups in total. The fraction of sp³-hybridized carbons (Fsp3) is 0.444. The highest BCUT2D eigenvalue weighted by Crippen LogP contribution is 2.38. The summed E-state index contributed by atoms with van der Waals surface area (Å²) in [4.78, 5) is 2.16. The molecule has 0 spiro atoms. The minimum atomic E-state index is -3.68. The Balaban J connectivity index is 1.47. The van der Waals surface area contributed by atoms with Crippen molar-refractivity contribution in [3.63, 3.8) is 0 Å². The van der Waals surface area contributed by atoms with Crippen LogP contribution in [0.15, 0.2) is 35.2 Å². The maximum absolute atomic E-state index is 13.0. The number of hydrogen-bond donors (Lipinski definition) is 0. The lowest BCUT2D eigenvalue weighted by Crippen LogP contribution is -2.49. The first kappa shape index (κ1) is 18.5. The van der Waals surface area contributed by atoms with Gasteiger partial charge in [0.2, 0.25) is 10.0 Å². The van der Waals surface area contributed by atoms with E-state index in [2.05, 4.69) is 15.1 Å². The Bertz CT molecular complexity index is 924. The van der Waals surface area contributed by atoms with Crippen molar-refractivity contribution in [2.24, 2.45) is 0 Å². The van der Waals surface area contributed by atoms with Crippen LogP contribution in [0.5, 0.6) is 5.75 Å². The molecule has 1 saturated carbocycles. The standard InChI is InChI=1S/C18H21ClN4O3S/c1-26-16-6-4-14(19)12-17(16)27(24,25)23-10-8-22(9-11-23)18-7-5-15(20-21-18)13-2-3-13/h4-7,12-13H,2-3,8-11H2,1H3. The molecule has 9 heteroatoms. The van der Waals surface area contributed by atoms with Gasteiger partial charge in [-0.2, -0.15) is 9.40 Å². The average molecular weight is 409 g/mol. The zero-order chi connectivity index (χ0) is 19.0. The van der Waals surface area contributed by atoms with Crippen molar-refractivity contribution >= 4 is 27.4 Å². The molecular weight excluding hydrogens is 388 g/mol. The summed E-state index contributed by atoms with van der Waals surface area (Å²) in [5.41, 5.74) is 1.05. The lowest BCUT2D eigenvalue weighted by Gasteiger charge is -2.34. The van der Waals surface area contributed by atoms with Gasteiger partial charge in [-0.25, -0.2) is 8.42 Å². The van der Waals surface area contributed by atoms with Gasteiger partial charge in [0.1, 0.15) is 10.6 Å². The molecule has 144 valence electrons. The van der Waals surface area contributed by atoms with Crippen LogP contribution in [0.1, 0.15) is 24.5 Å². The van der Waals surface area contributed by atoms with E-state index in [9.17, 15) is 8.42 Å². The van der Waals surface area contributed by atoms with E-state index in [4.69, 9.17) is 16.3 Å². The Morgan fingerprint density at radius 1 is 1.07 bits per heavy atom. The highest BCUT2D eigenvalue weighted by Gasteiger charge is 2.32. The number of piperazine rings is 1. The minimum Gasteiger partial charge on any atom is -0.495 e. The third kappa shape index (κ3) is 3.74. The first-order chi connectivity index (χ1) is 13.0. The zero-order valence-electron chi connectivity index (χ0n) is 15.0. The van der Waals surface area contributed by atoms with Gasteiger partial charge in [0.25, 0.3) is 0 Å². The van der Waals surface area contributed by atoms with Crippen LogP contribution in [-0.4, -0.2) is 56.2 Å². The fourth-order valence-corrected chi connectivity index (χ4v) is 5.09. The van der Waals surface area contributed by atoms with Crippen LogP contribution in [-0.2, 0) is 10.0 Å². The van der Waals surface area contributed by atoms with Crippen LogP contribution in [0.4, 0.5) is 5.82 Å². The molecular formula is C18H21ClN4O3S. The molecule has 27 heavy (non-hydrogen) atoms. The second kappa shape index (κ2) is 7.26. The Kier molecular flexibility index (Phi) is 4.96. The average Bonchev–Trinajstić information content (AvgIpc) is 3.53. The van der Waals surface area contributed by atoms with Gasteiger partial charge in [-0.1, -0.05) is 11.6 Å². The highest BCUT2D eigenvalue weighted by atomic mass is 35.5. The van der Waals surface area contributed by atoms with E-state index in [1.54, 1.807) is 12.1 Å². The summed E-state index contributed by atoms with van der Waals surface area (Å²) < 4.78 is 32.7. The first-order valence-electron chi connectivity index (χ1n) is 8.91. The molecule has 0 atom stereocenters. The summed E-state index contributed by atoms with van der Waals surface area (Å²) >= 11 is 6.00. The normalized spacial score (nSPS) is 18.5. The molecule has 4 rings (SSSR count). The van der Waals surface area contributed by atoms with Crippen molar-refractivity contribution in [1.29, 1.82) is 0 Å². The van der Waals surface area contributed by atoms with Crippen LogP contribution in [0.3, 0.4) is 0 Å². The summed E-state index contributed by atoms with van der Waals surface area (Å²) in [6.07, 6.45) is 2.38. The third-order valence-electron chi connectivity index (χ3n) is 4.97. The molecule has 2 fully saturated rings. The summed E-state index contributed by atoms with van der Waals surface area (Å²) in [6, 6.07) is 8.62. The lowest BCUT2D eigenvalue weighted by atomic mass is 10.2. The SMILES string of the molecule is COc1ccc(Cl)cc1S(=O)(=O)N1CCN(c2ccc(C3CC3)nn2)CC1. The van der Waals surface area contributed by atoms with Gasteiger partial charge in [0, 0.05) is 37.1 Å². The number of nitrogens with zero attached hydrogens (tertiary/aromatic N) is 4. The quantitative estimate of drug-likeness (QED) is 0.756. The van der Waals surface area contributed by atoms with Crippen molar-refractivity contribution in [2.75, 3.05) is 38.2 Å². The topological polar surface area (TPSA) is 75.6 Å². The van der Waals surface area contributed by atoms with E-state index in [0.717, 1.165) is 11.5 Å². The van der Waals surface area contributed by atoms with E-state index in [1.807, 2.05) is 12.1 Å². The molecule has 1 aromatic heterocycles. The Labute approximate surface area is 164 Å². The predicted molar refractivity (Wildman–Crippen MR) is 103 cm³/mol. The number of benzene rings is 1. The molecule has 1 aliphatic heterocycles. The predicted octanol–water partition coefficient (Wildman–Crippen LogP) is 2.53. The maximum atomic E-state index is 13.0. The van der Waals surface area contributed by atoms with E-state index < -0.39 is 10.0 Å². The van der Waals surface area contributed by atoms with Gasteiger partial charge in [-0.15, -0.1) is 5.10 Å². The van der Waals surface area contributed by atoms with Gasteiger partial charge < -0.3 is 9.64 Å². The van der Waals surface area contributed by atoms with Crippen molar-refractivity contribution in [3.05, 3.63) is 41.0 Å². The second-order valence-corrected chi connectivity index (χ2v) is 9.12. The number of rotatable bonds is 5. The van der Waals surface area contributed by atoms with Crippen LogP contribution in [0, 0.1) is 0 Å². The number of aromatic nitrogens is 2. The van der Waals surface area contributed by atoms with Crippen molar-refractivity contribution in [2.45, 2.75) is 23.7 Å². The number of methoxy groups -OCH3 is 1. The van der Waals surface area contributed by atoms with E-state index in [1.165, 1.54) is 30.3 Å². The van der Waals surface area contributed by atoms with Crippen molar-refractivity contribution in [3.8, 4) is 5.75 Å². The lowest BCUT2D eigenvalue weighted by molar-refractivity contribution is 0.373. The molecule has 2 aliphatic rings. The molecule has 1 aliphatic carbocycles. The minimum absolute atomic E-state index is 0.0968. The Morgan fingerprint density at radius 2 is 1.81 bits per heavy atom. The van der Waals surface area contributed by atoms with Crippen molar-refractivity contribution in [1.82, 2.24) is 14.5 Å². The molecule has 0 bridgehead atoms. The molecule has 2 aromatic rings. The summed E-state index contributed by atoms with van der Waals surface area (Å²) in [7, 11) is -2.23. The second-order valence-electron chi connectivity index (χ2n) is 6.78. The van der Waals surface area contributed by atoms with E-state index in [0.29, 0.717) is 42.9 Å². The van der Waals surface area contributed by atoms with Gasteiger partial charge in [-0.3, -0.25) is 0 Å². The van der Waals surface area contributed by atoms with Gasteiger partial charge in [0.05, 0.1) is 12.8 Å². The maximum Gasteiger partial charge on any atom is 0.246 e. The molecule has 0 radical (unpaired) electrons. The summed E-state index contributed by atoms with van der Waals surface area (Å²) in [5.74, 6) is 1.65. The monoisotopic (exact) mass is 408 g/mol. The molecule has 0 amide bonds. The first-order valence-corrected chi connectivity index (χ1v) is 10.7. The molecule has 1 aromatic carbocycles. The smallest absolute Gasteiger partial charge is 0.246 e. The number of anilines is 1. The van der Waals surface area contributed by atoms with Crippen LogP contribution >= 0.6 is 11.6 Å². The van der Waals surface area contributed by atoms with Crippen molar-refractivity contribution < 1.29 is 13.2 Å². The summed E-state index contributed by atoms with van der Waals surface area (Å²) in [6.45, 7) is 1.84. The zero-order valence-corrected chi connectivity index (χ0v) is 16.6. The number of hydrogen-bond acceptors (Lipinski definition) is 6. The molecule has 1 saturated heterocycles. The Morgan fingerprint density at radius 3 is 2.41 bits per heavy atom. The van der Waals surface area contributed by atoms with Gasteiger partial charge in [-0.05, 0) is 43.2 Å². The third-order valence-corrected chi connectivity index (χ3v) is 7.13. The van der Waals surface area contributed by atoms with Crippen LogP contribution in [0.2, 0.25) is 5.02 Å². The van der Waals surface area contributed by atoms with E-state index >= 15 is 0 Å². The van der Waals surface area contributed by atoms with E-state index in [-0.39, 0.29) is 4.90 Å². The molecule has 7 nitrogen and oxygen atoms in total. The van der Waals surface area contributed by atoms with Gasteiger partial charge >= 0.3 is 0 Å². The number of ether oxygens (including phenoxy) is 1. The molecule has 0 unspecified atom stereocenters. The number of sulfonamides is 1. The Hall–Kier alpha value is -1.90. The fourth-order valence-electron chi connectivity index (χ4n) is 3.25. The number of halogens is 1. The highest BCUT2D eigenvalue weighted by molar-refractivity contribution is 7.89. The summed E-state index contributed by atoms with van der Waals surface area (Å²) in [5, 5.41) is 8.99. The van der Waals surface area contributed by atoms with Gasteiger partial charge in [0.15, 0.2) is 5.82 Å². The van der Waals surface area contributed by atoms with Crippen LogP contribution < -0.4 is 9.64 Å². The largest absolute Gasteiger partial charge is 0.495 e.